The Morgan fingerprint density at radius 1 is 1.36 bits per heavy atom. The number of hydrogen-bond donors (Lipinski definition) is 3. The van der Waals surface area contributed by atoms with Gasteiger partial charge in [0.05, 0.1) is 0 Å². The van der Waals surface area contributed by atoms with Gasteiger partial charge in [-0.15, -0.1) is 0 Å². The number of hydrogen-bond acceptors (Lipinski definition) is 4. The molecule has 0 aromatic heterocycles. The normalized spacial score (nSPS) is 13.4. The van der Waals surface area contributed by atoms with Gasteiger partial charge in [0, 0.05) is 12.5 Å². The van der Waals surface area contributed by atoms with Gasteiger partial charge >= 0.3 is 11.9 Å². The molecule has 0 amide bonds. The van der Waals surface area contributed by atoms with E-state index >= 15 is 0 Å². The van der Waals surface area contributed by atoms with E-state index in [1.54, 1.807) is 0 Å². The lowest BCUT2D eigenvalue weighted by atomic mass is 10.1. The van der Waals surface area contributed by atoms with Crippen molar-refractivity contribution in [3.8, 4) is 0 Å². The van der Waals surface area contributed by atoms with Crippen LogP contribution in [0.15, 0.2) is 11.6 Å². The van der Waals surface area contributed by atoms with Crippen molar-refractivity contribution in [1.82, 2.24) is 0 Å². The number of Topliss-reactive ketones (excluding diaryl/α,β-unsaturated/α-hetero) is 1. The summed E-state index contributed by atoms with van der Waals surface area (Å²) < 4.78 is 0. The topological polar surface area (TPSA) is 118 Å². The summed E-state index contributed by atoms with van der Waals surface area (Å²) in [5.41, 5.74) is 5.07. The van der Waals surface area contributed by atoms with Crippen LogP contribution in [0, 0.1) is 0 Å². The molecule has 6 heteroatoms. The Labute approximate surface area is 80.0 Å². The fraction of sp³-hybridized carbons (Fsp3) is 0.375. The minimum Gasteiger partial charge on any atom is -0.480 e. The second-order valence-electron chi connectivity index (χ2n) is 2.74. The molecule has 0 aliphatic rings. The third kappa shape index (κ3) is 4.36. The van der Waals surface area contributed by atoms with Gasteiger partial charge in [-0.3, -0.25) is 9.59 Å². The Morgan fingerprint density at radius 3 is 2.21 bits per heavy atom. The van der Waals surface area contributed by atoms with Crippen LogP contribution in [0.3, 0.4) is 0 Å². The number of carboxylic acids is 2. The second-order valence-corrected chi connectivity index (χ2v) is 2.74. The van der Waals surface area contributed by atoms with Crippen LogP contribution >= 0.6 is 0 Å². The standard InChI is InChI=1S/C8H11NO5/c1-4(2-7(11)12)6(10)3-5(9)8(13)14/h2,5H,3,9H2,1H3,(H,11,12)(H,13,14)/b4-2+. The molecule has 0 aromatic rings. The van der Waals surface area contributed by atoms with Crippen LogP contribution in [0.1, 0.15) is 13.3 Å². The Morgan fingerprint density at radius 2 is 1.86 bits per heavy atom. The van der Waals surface area contributed by atoms with Crippen molar-refractivity contribution < 1.29 is 24.6 Å². The van der Waals surface area contributed by atoms with Gasteiger partial charge < -0.3 is 15.9 Å². The van der Waals surface area contributed by atoms with Crippen molar-refractivity contribution in [2.75, 3.05) is 0 Å². The van der Waals surface area contributed by atoms with E-state index < -0.39 is 30.2 Å². The lowest BCUT2D eigenvalue weighted by Gasteiger charge is -2.04. The molecule has 0 heterocycles. The quantitative estimate of drug-likeness (QED) is 0.510. The zero-order valence-electron chi connectivity index (χ0n) is 7.56. The molecule has 0 radical (unpaired) electrons. The molecule has 0 fully saturated rings. The van der Waals surface area contributed by atoms with Crippen molar-refractivity contribution in [2.45, 2.75) is 19.4 Å². The molecule has 0 saturated heterocycles. The second kappa shape index (κ2) is 5.13. The maximum atomic E-state index is 11.1. The summed E-state index contributed by atoms with van der Waals surface area (Å²) in [7, 11) is 0. The third-order valence-corrected chi connectivity index (χ3v) is 1.50. The van der Waals surface area contributed by atoms with E-state index in [0.717, 1.165) is 6.08 Å². The van der Waals surface area contributed by atoms with Crippen LogP contribution in [0.2, 0.25) is 0 Å². The first-order chi connectivity index (χ1) is 6.34. The Balaban J connectivity index is 4.36. The van der Waals surface area contributed by atoms with Crippen LogP contribution < -0.4 is 5.73 Å². The van der Waals surface area contributed by atoms with Crippen LogP contribution in [0.25, 0.3) is 0 Å². The highest BCUT2D eigenvalue weighted by Crippen LogP contribution is 2.01. The Bertz CT molecular complexity index is 294. The molecule has 0 aliphatic heterocycles. The van der Waals surface area contributed by atoms with Gasteiger partial charge in [-0.2, -0.15) is 0 Å². The monoisotopic (exact) mass is 201 g/mol. The average Bonchev–Trinajstić information content (AvgIpc) is 2.02. The van der Waals surface area contributed by atoms with E-state index in [1.807, 2.05) is 0 Å². The Kier molecular flexibility index (Phi) is 4.51. The molecule has 1 unspecified atom stereocenters. The molecular formula is C8H11NO5. The summed E-state index contributed by atoms with van der Waals surface area (Å²) in [6.07, 6.45) is 0.321. The lowest BCUT2D eigenvalue weighted by molar-refractivity contribution is -0.139. The minimum absolute atomic E-state index is 0.0193. The number of nitrogens with two attached hydrogens (primary N) is 1. The van der Waals surface area contributed by atoms with Gasteiger partial charge in [-0.1, -0.05) is 0 Å². The highest BCUT2D eigenvalue weighted by Gasteiger charge is 2.17. The van der Waals surface area contributed by atoms with E-state index in [-0.39, 0.29) is 5.57 Å². The van der Waals surface area contributed by atoms with Gasteiger partial charge in [0.1, 0.15) is 6.04 Å². The van der Waals surface area contributed by atoms with Gasteiger partial charge in [0.2, 0.25) is 0 Å². The van der Waals surface area contributed by atoms with Crippen LogP contribution in [-0.4, -0.2) is 34.0 Å². The molecule has 0 aromatic carbocycles. The van der Waals surface area contributed by atoms with Gasteiger partial charge in [0.25, 0.3) is 0 Å². The average molecular weight is 201 g/mol. The number of rotatable bonds is 5. The smallest absolute Gasteiger partial charge is 0.328 e. The van der Waals surface area contributed by atoms with E-state index in [0.29, 0.717) is 0 Å². The summed E-state index contributed by atoms with van der Waals surface area (Å²) in [5.74, 6) is -3.12. The van der Waals surface area contributed by atoms with E-state index in [2.05, 4.69) is 0 Å². The van der Waals surface area contributed by atoms with Crippen molar-refractivity contribution in [1.29, 1.82) is 0 Å². The Hall–Kier alpha value is -1.69. The van der Waals surface area contributed by atoms with Crippen LogP contribution in [0.4, 0.5) is 0 Å². The fourth-order valence-electron chi connectivity index (χ4n) is 0.714. The molecule has 0 bridgehead atoms. The summed E-state index contributed by atoms with van der Waals surface area (Å²) in [6.45, 7) is 1.30. The van der Waals surface area contributed by atoms with E-state index in [9.17, 15) is 14.4 Å². The van der Waals surface area contributed by atoms with Crippen molar-refractivity contribution >= 4 is 17.7 Å². The van der Waals surface area contributed by atoms with Crippen LogP contribution in [0.5, 0.6) is 0 Å². The van der Waals surface area contributed by atoms with Crippen molar-refractivity contribution in [2.24, 2.45) is 5.73 Å². The number of aliphatic carboxylic acids is 2. The molecule has 14 heavy (non-hydrogen) atoms. The van der Waals surface area contributed by atoms with Gasteiger partial charge in [-0.05, 0) is 12.5 Å². The predicted molar refractivity (Wildman–Crippen MR) is 46.6 cm³/mol. The third-order valence-electron chi connectivity index (χ3n) is 1.50. The molecule has 0 saturated carbocycles. The highest BCUT2D eigenvalue weighted by molar-refractivity contribution is 6.01. The van der Waals surface area contributed by atoms with E-state index in [4.69, 9.17) is 15.9 Å². The van der Waals surface area contributed by atoms with Gasteiger partial charge in [-0.25, -0.2) is 4.79 Å². The molecule has 4 N–H and O–H groups in total. The predicted octanol–water partition coefficient (Wildman–Crippen LogP) is -0.612. The maximum Gasteiger partial charge on any atom is 0.328 e. The highest BCUT2D eigenvalue weighted by atomic mass is 16.4. The first kappa shape index (κ1) is 12.3. The molecule has 0 aliphatic carbocycles. The number of allylic oxidation sites excluding steroid dienone is 1. The summed E-state index contributed by atoms with van der Waals surface area (Å²) in [5, 5.41) is 16.7. The molecule has 6 nitrogen and oxygen atoms in total. The maximum absolute atomic E-state index is 11.1. The van der Waals surface area contributed by atoms with Crippen molar-refractivity contribution in [3.05, 3.63) is 11.6 Å². The molecule has 78 valence electrons. The summed E-state index contributed by atoms with van der Waals surface area (Å²) >= 11 is 0. The zero-order chi connectivity index (χ0) is 11.3. The largest absolute Gasteiger partial charge is 0.480 e. The summed E-state index contributed by atoms with van der Waals surface area (Å²) in [6, 6.07) is -1.29. The van der Waals surface area contributed by atoms with Crippen LogP contribution in [-0.2, 0) is 14.4 Å². The zero-order valence-corrected chi connectivity index (χ0v) is 7.56. The summed E-state index contributed by atoms with van der Waals surface area (Å²) in [4.78, 5) is 31.5. The first-order valence-corrected chi connectivity index (χ1v) is 3.77. The fourth-order valence-corrected chi connectivity index (χ4v) is 0.714. The number of carbonyl (C=O) groups excluding carboxylic acids is 1. The number of carbonyl (C=O) groups is 3. The van der Waals surface area contributed by atoms with Gasteiger partial charge in [0.15, 0.2) is 5.78 Å². The number of ketones is 1. The molecule has 0 spiro atoms. The SMILES string of the molecule is C/C(=C\C(=O)O)C(=O)CC(N)C(=O)O. The first-order valence-electron chi connectivity index (χ1n) is 3.77. The molecular weight excluding hydrogens is 190 g/mol. The number of carboxylic acid groups (broad SMARTS) is 2. The minimum atomic E-state index is -1.29. The molecule has 1 atom stereocenters. The van der Waals surface area contributed by atoms with Crippen molar-refractivity contribution in [3.63, 3.8) is 0 Å². The lowest BCUT2D eigenvalue weighted by Crippen LogP contribution is -2.32. The molecule has 0 rings (SSSR count). The van der Waals surface area contributed by atoms with E-state index in [1.165, 1.54) is 6.92 Å².